The van der Waals surface area contributed by atoms with E-state index in [0.29, 0.717) is 18.5 Å². The van der Waals surface area contributed by atoms with Gasteiger partial charge >= 0.3 is 0 Å². The van der Waals surface area contributed by atoms with Gasteiger partial charge in [0.2, 0.25) is 0 Å². The minimum absolute atomic E-state index is 0.00663. The molecule has 1 aliphatic carbocycles. The summed E-state index contributed by atoms with van der Waals surface area (Å²) in [5.41, 5.74) is 0.589. The second kappa shape index (κ2) is 8.37. The third kappa shape index (κ3) is 4.86. The summed E-state index contributed by atoms with van der Waals surface area (Å²) in [7, 11) is -3.07. The largest absolute Gasteiger partial charge is 0.348 e. The van der Waals surface area contributed by atoms with E-state index in [1.54, 1.807) is 11.0 Å². The molecule has 1 aliphatic heterocycles. The Morgan fingerprint density at radius 3 is 2.59 bits per heavy atom. The molecule has 0 aromatic carbocycles. The van der Waals surface area contributed by atoms with E-state index in [4.69, 9.17) is 0 Å². The summed E-state index contributed by atoms with van der Waals surface area (Å²) >= 11 is 0. The van der Waals surface area contributed by atoms with Gasteiger partial charge < -0.3 is 10.2 Å². The molecule has 1 N–H and O–H groups in total. The molecule has 1 atom stereocenters. The van der Waals surface area contributed by atoms with Crippen molar-refractivity contribution in [2.45, 2.75) is 57.5 Å². The van der Waals surface area contributed by atoms with Crippen LogP contribution in [0.3, 0.4) is 0 Å². The molecule has 2 amide bonds. The summed E-state index contributed by atoms with van der Waals surface area (Å²) in [6.45, 7) is 2.26. The molecule has 1 aromatic rings. The maximum absolute atomic E-state index is 12.9. The molecule has 8 heteroatoms. The Morgan fingerprint density at radius 1 is 1.22 bits per heavy atom. The highest BCUT2D eigenvalue weighted by molar-refractivity contribution is 7.91. The number of aromatic nitrogens is 1. The van der Waals surface area contributed by atoms with Gasteiger partial charge in [-0.1, -0.05) is 19.3 Å². The first kappa shape index (κ1) is 19.8. The van der Waals surface area contributed by atoms with E-state index in [-0.39, 0.29) is 41.1 Å². The summed E-state index contributed by atoms with van der Waals surface area (Å²) in [5, 5.41) is 3.00. The third-order valence-corrected chi connectivity index (χ3v) is 7.18. The highest BCUT2D eigenvalue weighted by Crippen LogP contribution is 2.21. The van der Waals surface area contributed by atoms with Gasteiger partial charge in [0.15, 0.2) is 9.84 Å². The number of carbonyl (C=O) groups is 2. The van der Waals surface area contributed by atoms with Gasteiger partial charge in [-0.2, -0.15) is 0 Å². The van der Waals surface area contributed by atoms with Gasteiger partial charge in [0.1, 0.15) is 5.69 Å². The van der Waals surface area contributed by atoms with Crippen molar-refractivity contribution in [3.8, 4) is 0 Å². The fourth-order valence-corrected chi connectivity index (χ4v) is 5.68. The van der Waals surface area contributed by atoms with Crippen LogP contribution in [0.2, 0.25) is 0 Å². The molecular formula is C19H27N3O4S. The molecule has 0 radical (unpaired) electrons. The minimum atomic E-state index is -3.07. The molecular weight excluding hydrogens is 366 g/mol. The topological polar surface area (TPSA) is 96.4 Å². The van der Waals surface area contributed by atoms with E-state index in [1.807, 2.05) is 6.92 Å². The van der Waals surface area contributed by atoms with Crippen LogP contribution in [0.4, 0.5) is 0 Å². The van der Waals surface area contributed by atoms with E-state index >= 15 is 0 Å². The normalized spacial score (nSPS) is 22.3. The molecule has 0 bridgehead atoms. The van der Waals surface area contributed by atoms with Crippen LogP contribution in [-0.2, 0) is 9.84 Å². The number of amides is 2. The lowest BCUT2D eigenvalue weighted by Gasteiger charge is -2.27. The second-order valence-corrected chi connectivity index (χ2v) is 9.61. The van der Waals surface area contributed by atoms with E-state index in [9.17, 15) is 18.0 Å². The fraction of sp³-hybridized carbons (Fsp3) is 0.632. The molecule has 1 saturated carbocycles. The standard InChI is InChI=1S/C19H27N3O4S/c1-2-22(16-9-11-27(25,26)13-16)19(24)14-8-10-20-17(12-14)18(23)21-15-6-4-3-5-7-15/h8,10,12,15-16H,2-7,9,11,13H2,1H3,(H,21,23). The van der Waals surface area contributed by atoms with E-state index in [1.165, 1.54) is 18.7 Å². The molecule has 2 heterocycles. The van der Waals surface area contributed by atoms with Crippen LogP contribution in [-0.4, -0.2) is 60.3 Å². The van der Waals surface area contributed by atoms with Crippen LogP contribution < -0.4 is 5.32 Å². The van der Waals surface area contributed by atoms with Crippen molar-refractivity contribution in [2.75, 3.05) is 18.1 Å². The van der Waals surface area contributed by atoms with Crippen LogP contribution in [0.15, 0.2) is 18.3 Å². The zero-order valence-electron chi connectivity index (χ0n) is 15.7. The summed E-state index contributed by atoms with van der Waals surface area (Å²) in [6.07, 6.45) is 7.32. The molecule has 2 fully saturated rings. The maximum atomic E-state index is 12.9. The van der Waals surface area contributed by atoms with Crippen LogP contribution in [0, 0.1) is 0 Å². The molecule has 148 valence electrons. The number of sulfone groups is 1. The summed E-state index contributed by atoms with van der Waals surface area (Å²) in [5.74, 6) is -0.392. The molecule has 1 saturated heterocycles. The second-order valence-electron chi connectivity index (χ2n) is 7.39. The highest BCUT2D eigenvalue weighted by atomic mass is 32.2. The zero-order chi connectivity index (χ0) is 19.4. The fourth-order valence-electron chi connectivity index (χ4n) is 3.95. The first-order chi connectivity index (χ1) is 12.9. The quantitative estimate of drug-likeness (QED) is 0.823. The molecule has 7 nitrogen and oxygen atoms in total. The first-order valence-electron chi connectivity index (χ1n) is 9.68. The zero-order valence-corrected chi connectivity index (χ0v) is 16.5. The lowest BCUT2D eigenvalue weighted by atomic mass is 9.95. The number of carbonyl (C=O) groups excluding carboxylic acids is 2. The third-order valence-electron chi connectivity index (χ3n) is 5.43. The van der Waals surface area contributed by atoms with Crippen LogP contribution >= 0.6 is 0 Å². The van der Waals surface area contributed by atoms with Gasteiger partial charge in [-0.25, -0.2) is 8.42 Å². The maximum Gasteiger partial charge on any atom is 0.270 e. The van der Waals surface area contributed by atoms with Gasteiger partial charge in [0.05, 0.1) is 11.5 Å². The first-order valence-corrected chi connectivity index (χ1v) is 11.5. The lowest BCUT2D eigenvalue weighted by molar-refractivity contribution is 0.0708. The summed E-state index contributed by atoms with van der Waals surface area (Å²) < 4.78 is 23.5. The summed E-state index contributed by atoms with van der Waals surface area (Å²) in [4.78, 5) is 31.1. The molecule has 1 aromatic heterocycles. The average Bonchev–Trinajstić information content (AvgIpc) is 3.02. The van der Waals surface area contributed by atoms with Crippen molar-refractivity contribution >= 4 is 21.7 Å². The molecule has 1 unspecified atom stereocenters. The van der Waals surface area contributed by atoms with Crippen molar-refractivity contribution in [2.24, 2.45) is 0 Å². The van der Waals surface area contributed by atoms with Gasteiger partial charge in [-0.15, -0.1) is 0 Å². The van der Waals surface area contributed by atoms with Crippen molar-refractivity contribution in [3.63, 3.8) is 0 Å². The van der Waals surface area contributed by atoms with Crippen LogP contribution in [0.25, 0.3) is 0 Å². The molecule has 3 rings (SSSR count). The van der Waals surface area contributed by atoms with Gasteiger partial charge in [0.25, 0.3) is 11.8 Å². The number of pyridine rings is 1. The lowest BCUT2D eigenvalue weighted by Crippen LogP contribution is -2.41. The SMILES string of the molecule is CCN(C(=O)c1ccnc(C(=O)NC2CCCCC2)c1)C1CCS(=O)(=O)C1. The number of hydrogen-bond donors (Lipinski definition) is 1. The summed E-state index contributed by atoms with van der Waals surface area (Å²) in [6, 6.07) is 2.95. The highest BCUT2D eigenvalue weighted by Gasteiger charge is 2.34. The number of nitrogens with zero attached hydrogens (tertiary/aromatic N) is 2. The molecule has 2 aliphatic rings. The average molecular weight is 394 g/mol. The van der Waals surface area contributed by atoms with Crippen molar-refractivity contribution in [1.82, 2.24) is 15.2 Å². The van der Waals surface area contributed by atoms with Crippen molar-refractivity contribution < 1.29 is 18.0 Å². The Morgan fingerprint density at radius 2 is 1.96 bits per heavy atom. The number of rotatable bonds is 5. The van der Waals surface area contributed by atoms with Crippen LogP contribution in [0.1, 0.15) is 66.3 Å². The molecule has 0 spiro atoms. The monoisotopic (exact) mass is 393 g/mol. The van der Waals surface area contributed by atoms with E-state index in [0.717, 1.165) is 25.7 Å². The smallest absolute Gasteiger partial charge is 0.270 e. The van der Waals surface area contributed by atoms with E-state index < -0.39 is 9.84 Å². The predicted molar refractivity (Wildman–Crippen MR) is 102 cm³/mol. The van der Waals surface area contributed by atoms with Crippen molar-refractivity contribution in [1.29, 1.82) is 0 Å². The van der Waals surface area contributed by atoms with Crippen LogP contribution in [0.5, 0.6) is 0 Å². The Balaban J connectivity index is 1.71. The number of nitrogens with one attached hydrogen (secondary N) is 1. The Labute approximate surface area is 160 Å². The number of hydrogen-bond acceptors (Lipinski definition) is 5. The predicted octanol–water partition coefficient (Wildman–Crippen LogP) is 1.79. The van der Waals surface area contributed by atoms with Crippen molar-refractivity contribution in [3.05, 3.63) is 29.6 Å². The minimum Gasteiger partial charge on any atom is -0.348 e. The Kier molecular flexibility index (Phi) is 6.14. The van der Waals surface area contributed by atoms with Gasteiger partial charge in [0, 0.05) is 30.4 Å². The molecule has 27 heavy (non-hydrogen) atoms. The Bertz CT molecular complexity index is 803. The van der Waals surface area contributed by atoms with Gasteiger partial charge in [-0.3, -0.25) is 14.6 Å². The van der Waals surface area contributed by atoms with E-state index in [2.05, 4.69) is 10.3 Å². The Hall–Kier alpha value is -1.96. The van der Waals surface area contributed by atoms with Gasteiger partial charge in [-0.05, 0) is 38.3 Å².